The number of para-hydroxylation sites is 2. The monoisotopic (exact) mass is 338 g/mol. The maximum Gasteiger partial charge on any atom is 0.149 e. The van der Waals surface area contributed by atoms with Crippen LogP contribution >= 0.6 is 0 Å². The third kappa shape index (κ3) is 2.69. The van der Waals surface area contributed by atoms with Crippen LogP contribution in [0.15, 0.2) is 54.7 Å². The van der Waals surface area contributed by atoms with E-state index in [9.17, 15) is 8.78 Å². The largest absolute Gasteiger partial charge is 0.328 e. The van der Waals surface area contributed by atoms with Crippen LogP contribution in [0.4, 0.5) is 8.78 Å². The first-order chi connectivity index (χ1) is 12.2. The summed E-state index contributed by atoms with van der Waals surface area (Å²) in [7, 11) is 0. The van der Waals surface area contributed by atoms with Crippen molar-refractivity contribution in [2.75, 3.05) is 0 Å². The van der Waals surface area contributed by atoms with Gasteiger partial charge in [0, 0.05) is 25.2 Å². The van der Waals surface area contributed by atoms with Gasteiger partial charge in [0.2, 0.25) is 0 Å². The molecule has 0 aliphatic carbocycles. The Balaban J connectivity index is 1.79. The van der Waals surface area contributed by atoms with Crippen molar-refractivity contribution in [3.05, 3.63) is 77.9 Å². The lowest BCUT2D eigenvalue weighted by Gasteiger charge is -2.10. The van der Waals surface area contributed by atoms with Gasteiger partial charge >= 0.3 is 0 Å². The van der Waals surface area contributed by atoms with Gasteiger partial charge in [-0.25, -0.2) is 18.4 Å². The van der Waals surface area contributed by atoms with Crippen molar-refractivity contribution in [1.29, 1.82) is 0 Å². The molecule has 0 saturated carbocycles. The van der Waals surface area contributed by atoms with Crippen LogP contribution in [0.5, 0.6) is 0 Å². The maximum absolute atomic E-state index is 14.1. The predicted molar refractivity (Wildman–Crippen MR) is 91.7 cm³/mol. The number of nitrogens with zero attached hydrogens (tertiary/aromatic N) is 4. The molecule has 0 aliphatic rings. The number of aromatic nitrogens is 4. The lowest BCUT2D eigenvalue weighted by Crippen LogP contribution is -2.09. The van der Waals surface area contributed by atoms with Gasteiger partial charge in [-0.2, -0.15) is 5.10 Å². The minimum absolute atomic E-state index is 0.0964. The van der Waals surface area contributed by atoms with Gasteiger partial charge in [0.1, 0.15) is 23.1 Å². The van der Waals surface area contributed by atoms with E-state index in [-0.39, 0.29) is 5.69 Å². The number of hydrogen-bond donors (Lipinski definition) is 0. The summed E-state index contributed by atoms with van der Waals surface area (Å²) in [5, 5.41) is 4.17. The molecular weight excluding hydrogens is 322 g/mol. The van der Waals surface area contributed by atoms with Gasteiger partial charge in [-0.05, 0) is 37.3 Å². The molecule has 0 unspecified atom stereocenters. The van der Waals surface area contributed by atoms with Crippen molar-refractivity contribution in [2.45, 2.75) is 19.9 Å². The van der Waals surface area contributed by atoms with E-state index in [2.05, 4.69) is 21.6 Å². The average molecular weight is 338 g/mol. The number of rotatable bonds is 4. The molecule has 0 spiro atoms. The van der Waals surface area contributed by atoms with Crippen molar-refractivity contribution >= 4 is 11.0 Å². The van der Waals surface area contributed by atoms with Gasteiger partial charge in [0.05, 0.1) is 16.7 Å². The topological polar surface area (TPSA) is 35.6 Å². The van der Waals surface area contributed by atoms with Crippen molar-refractivity contribution < 1.29 is 8.78 Å². The second-order valence-corrected chi connectivity index (χ2v) is 5.77. The summed E-state index contributed by atoms with van der Waals surface area (Å²) in [6.07, 6.45) is 2.05. The summed E-state index contributed by atoms with van der Waals surface area (Å²) < 4.78 is 31.2. The SMILES string of the molecule is CCn1c(Cc2ccnn2-c2cc(F)ccc2F)nc2ccccc21. The van der Waals surface area contributed by atoms with Gasteiger partial charge in [0.25, 0.3) is 0 Å². The highest BCUT2D eigenvalue weighted by atomic mass is 19.1. The molecule has 0 amide bonds. The molecule has 0 radical (unpaired) electrons. The molecule has 2 heterocycles. The Morgan fingerprint density at radius 2 is 1.88 bits per heavy atom. The first-order valence-corrected chi connectivity index (χ1v) is 8.10. The summed E-state index contributed by atoms with van der Waals surface area (Å²) in [5.74, 6) is -0.156. The Bertz CT molecular complexity index is 1050. The first-order valence-electron chi connectivity index (χ1n) is 8.10. The van der Waals surface area contributed by atoms with E-state index in [4.69, 9.17) is 0 Å². The average Bonchev–Trinajstić information content (AvgIpc) is 3.21. The van der Waals surface area contributed by atoms with Crippen molar-refractivity contribution in [3.63, 3.8) is 0 Å². The molecule has 0 atom stereocenters. The molecule has 0 bridgehead atoms. The number of benzene rings is 2. The molecule has 4 nitrogen and oxygen atoms in total. The standard InChI is InChI=1S/C19H16F2N4/c1-2-24-17-6-4-3-5-16(17)23-19(24)12-14-9-10-22-25(14)18-11-13(20)7-8-15(18)21/h3-11H,2,12H2,1H3. The third-order valence-electron chi connectivity index (χ3n) is 4.25. The van der Waals surface area contributed by atoms with Gasteiger partial charge < -0.3 is 4.57 Å². The summed E-state index contributed by atoms with van der Waals surface area (Å²) in [5.41, 5.74) is 2.82. The molecule has 126 valence electrons. The van der Waals surface area contributed by atoms with Crippen LogP contribution in [0, 0.1) is 11.6 Å². The van der Waals surface area contributed by atoms with E-state index in [0.29, 0.717) is 6.42 Å². The van der Waals surface area contributed by atoms with Crippen LogP contribution in [0.3, 0.4) is 0 Å². The summed E-state index contributed by atoms with van der Waals surface area (Å²) in [6, 6.07) is 13.1. The quantitative estimate of drug-likeness (QED) is 0.561. The molecule has 0 saturated heterocycles. The van der Waals surface area contributed by atoms with E-state index in [1.54, 1.807) is 12.3 Å². The fourth-order valence-electron chi connectivity index (χ4n) is 3.10. The number of fused-ring (bicyclic) bond motifs is 1. The Kier molecular flexibility index (Phi) is 3.80. The zero-order chi connectivity index (χ0) is 17.4. The van der Waals surface area contributed by atoms with Crippen LogP contribution in [0.2, 0.25) is 0 Å². The fourth-order valence-corrected chi connectivity index (χ4v) is 3.10. The van der Waals surface area contributed by atoms with E-state index in [1.165, 1.54) is 4.68 Å². The normalized spacial score (nSPS) is 11.3. The molecule has 0 fully saturated rings. The van der Waals surface area contributed by atoms with E-state index in [1.807, 2.05) is 24.3 Å². The van der Waals surface area contributed by atoms with E-state index < -0.39 is 11.6 Å². The van der Waals surface area contributed by atoms with Gasteiger partial charge in [-0.3, -0.25) is 0 Å². The van der Waals surface area contributed by atoms with E-state index in [0.717, 1.165) is 47.3 Å². The summed E-state index contributed by atoms with van der Waals surface area (Å²) >= 11 is 0. The van der Waals surface area contributed by atoms with Gasteiger partial charge in [-0.1, -0.05) is 12.1 Å². The van der Waals surface area contributed by atoms with Crippen molar-refractivity contribution in [1.82, 2.24) is 19.3 Å². The summed E-state index contributed by atoms with van der Waals surface area (Å²) in [6.45, 7) is 2.83. The molecular formula is C19H16F2N4. The minimum Gasteiger partial charge on any atom is -0.328 e. The highest BCUT2D eigenvalue weighted by molar-refractivity contribution is 5.76. The molecule has 0 N–H and O–H groups in total. The molecule has 2 aromatic heterocycles. The molecule has 4 aromatic rings. The lowest BCUT2D eigenvalue weighted by molar-refractivity contribution is 0.583. The van der Waals surface area contributed by atoms with Crippen LogP contribution < -0.4 is 0 Å². The summed E-state index contributed by atoms with van der Waals surface area (Å²) in [4.78, 5) is 4.69. The molecule has 0 aliphatic heterocycles. The molecule has 4 rings (SSSR count). The highest BCUT2D eigenvalue weighted by Crippen LogP contribution is 2.21. The third-order valence-corrected chi connectivity index (χ3v) is 4.25. The number of imidazole rings is 1. The Morgan fingerprint density at radius 1 is 1.04 bits per heavy atom. The second kappa shape index (κ2) is 6.12. The predicted octanol–water partition coefficient (Wildman–Crippen LogP) is 4.11. The highest BCUT2D eigenvalue weighted by Gasteiger charge is 2.15. The second-order valence-electron chi connectivity index (χ2n) is 5.77. The zero-order valence-corrected chi connectivity index (χ0v) is 13.7. The van der Waals surface area contributed by atoms with Gasteiger partial charge in [0.15, 0.2) is 0 Å². The minimum atomic E-state index is -0.518. The Labute approximate surface area is 143 Å². The number of aryl methyl sites for hydroxylation is 1. The van der Waals surface area contributed by atoms with Crippen molar-refractivity contribution in [3.8, 4) is 5.69 Å². The lowest BCUT2D eigenvalue weighted by atomic mass is 10.2. The van der Waals surface area contributed by atoms with Crippen LogP contribution in [0.1, 0.15) is 18.4 Å². The van der Waals surface area contributed by atoms with Crippen LogP contribution in [0.25, 0.3) is 16.7 Å². The molecule has 6 heteroatoms. The van der Waals surface area contributed by atoms with Crippen molar-refractivity contribution in [2.24, 2.45) is 0 Å². The van der Waals surface area contributed by atoms with Crippen LogP contribution in [-0.2, 0) is 13.0 Å². The number of halogens is 2. The van der Waals surface area contributed by atoms with E-state index >= 15 is 0 Å². The smallest absolute Gasteiger partial charge is 0.149 e. The Hall–Kier alpha value is -3.02. The first kappa shape index (κ1) is 15.5. The Morgan fingerprint density at radius 3 is 2.72 bits per heavy atom. The zero-order valence-electron chi connectivity index (χ0n) is 13.7. The molecule has 25 heavy (non-hydrogen) atoms. The molecule has 2 aromatic carbocycles. The van der Waals surface area contributed by atoms with Gasteiger partial charge in [-0.15, -0.1) is 0 Å². The maximum atomic E-state index is 14.1. The fraction of sp³-hybridized carbons (Fsp3) is 0.158. The van der Waals surface area contributed by atoms with Crippen LogP contribution in [-0.4, -0.2) is 19.3 Å². The number of hydrogen-bond acceptors (Lipinski definition) is 2.